The zero-order chi connectivity index (χ0) is 17.3. The van der Waals surface area contributed by atoms with E-state index >= 15 is 0 Å². The summed E-state index contributed by atoms with van der Waals surface area (Å²) >= 11 is 5.94. The molecule has 0 radical (unpaired) electrons. The molecule has 1 aromatic carbocycles. The summed E-state index contributed by atoms with van der Waals surface area (Å²) in [5.41, 5.74) is 0.0617. The van der Waals surface area contributed by atoms with E-state index in [0.29, 0.717) is 17.9 Å². The van der Waals surface area contributed by atoms with Crippen molar-refractivity contribution in [1.82, 2.24) is 10.2 Å². The summed E-state index contributed by atoms with van der Waals surface area (Å²) in [6.45, 7) is 0. The molecule has 2 amide bonds. The molecule has 1 aliphatic carbocycles. The van der Waals surface area contributed by atoms with Gasteiger partial charge >= 0.3 is 0 Å². The highest BCUT2D eigenvalue weighted by Gasteiger charge is 2.40. The van der Waals surface area contributed by atoms with E-state index < -0.39 is 5.60 Å². The van der Waals surface area contributed by atoms with Crippen LogP contribution in [0.3, 0.4) is 0 Å². The number of hydrogen-bond donors (Lipinski definition) is 2. The maximum absolute atomic E-state index is 12.4. The molecule has 1 saturated carbocycles. The van der Waals surface area contributed by atoms with Crippen LogP contribution in [-0.2, 0) is 9.59 Å². The van der Waals surface area contributed by atoms with Gasteiger partial charge in [0.15, 0.2) is 0 Å². The summed E-state index contributed by atoms with van der Waals surface area (Å²) in [6.07, 6.45) is 3.64. The summed E-state index contributed by atoms with van der Waals surface area (Å²) < 4.78 is 0. The fourth-order valence-corrected chi connectivity index (χ4v) is 4.01. The van der Waals surface area contributed by atoms with Crippen molar-refractivity contribution in [2.24, 2.45) is 0 Å². The Morgan fingerprint density at radius 3 is 2.58 bits per heavy atom. The second-order valence-corrected chi connectivity index (χ2v) is 7.42. The van der Waals surface area contributed by atoms with Crippen LogP contribution in [0.4, 0.5) is 0 Å². The lowest BCUT2D eigenvalue weighted by Crippen LogP contribution is -2.42. The van der Waals surface area contributed by atoms with Crippen molar-refractivity contribution in [2.75, 3.05) is 7.05 Å². The highest BCUT2D eigenvalue weighted by molar-refractivity contribution is 6.30. The van der Waals surface area contributed by atoms with Gasteiger partial charge in [-0.05, 0) is 30.5 Å². The van der Waals surface area contributed by atoms with Crippen molar-refractivity contribution in [3.8, 4) is 0 Å². The standard InChI is InChI=1S/C18H23ClN2O3/c1-21-16(23)10-14(17(21)12-4-6-13(19)7-5-12)20-15(22)11-18(24)8-2-3-9-18/h4-7,14,17,24H,2-3,8-11H2,1H3,(H,20,22). The molecular formula is C18H23ClN2O3. The summed E-state index contributed by atoms with van der Waals surface area (Å²) in [7, 11) is 1.75. The largest absolute Gasteiger partial charge is 0.389 e. The van der Waals surface area contributed by atoms with E-state index in [9.17, 15) is 14.7 Å². The van der Waals surface area contributed by atoms with E-state index in [1.807, 2.05) is 12.1 Å². The minimum atomic E-state index is -0.881. The number of halogens is 1. The molecule has 130 valence electrons. The monoisotopic (exact) mass is 350 g/mol. The number of aliphatic hydroxyl groups is 1. The average Bonchev–Trinajstić information content (AvgIpc) is 3.05. The number of rotatable bonds is 4. The fraction of sp³-hybridized carbons (Fsp3) is 0.556. The van der Waals surface area contributed by atoms with E-state index in [1.165, 1.54) is 0 Å². The average molecular weight is 351 g/mol. The summed E-state index contributed by atoms with van der Waals surface area (Å²) in [5.74, 6) is -0.189. The maximum Gasteiger partial charge on any atom is 0.225 e. The molecule has 0 aromatic heterocycles. The van der Waals surface area contributed by atoms with Gasteiger partial charge in [0.1, 0.15) is 0 Å². The second kappa shape index (κ2) is 6.73. The topological polar surface area (TPSA) is 69.6 Å². The predicted octanol–water partition coefficient (Wildman–Crippen LogP) is 2.42. The van der Waals surface area contributed by atoms with Crippen LogP contribution in [0.2, 0.25) is 5.02 Å². The molecule has 2 aliphatic rings. The van der Waals surface area contributed by atoms with Gasteiger partial charge in [-0.25, -0.2) is 0 Å². The van der Waals surface area contributed by atoms with Gasteiger partial charge in [0.25, 0.3) is 0 Å². The molecule has 6 heteroatoms. The number of carbonyl (C=O) groups excluding carboxylic acids is 2. The third-order valence-electron chi connectivity index (χ3n) is 5.17. The number of nitrogens with zero attached hydrogens (tertiary/aromatic N) is 1. The fourth-order valence-electron chi connectivity index (χ4n) is 3.88. The van der Waals surface area contributed by atoms with E-state index in [4.69, 9.17) is 11.6 Å². The Kier molecular flexibility index (Phi) is 4.83. The molecule has 2 unspecified atom stereocenters. The lowest BCUT2D eigenvalue weighted by molar-refractivity contribution is -0.128. The number of nitrogens with one attached hydrogen (secondary N) is 1. The normalized spacial score (nSPS) is 26.0. The lowest BCUT2D eigenvalue weighted by Gasteiger charge is -2.27. The molecule has 1 aliphatic heterocycles. The van der Waals surface area contributed by atoms with Crippen molar-refractivity contribution in [1.29, 1.82) is 0 Å². The molecule has 2 atom stereocenters. The van der Waals surface area contributed by atoms with Crippen molar-refractivity contribution < 1.29 is 14.7 Å². The molecule has 3 rings (SSSR count). The molecular weight excluding hydrogens is 328 g/mol. The molecule has 2 N–H and O–H groups in total. The van der Waals surface area contributed by atoms with Crippen LogP contribution in [-0.4, -0.2) is 40.5 Å². The quantitative estimate of drug-likeness (QED) is 0.876. The molecule has 1 saturated heterocycles. The number of amides is 2. The summed E-state index contributed by atoms with van der Waals surface area (Å²) in [5, 5.41) is 14.0. The van der Waals surface area contributed by atoms with Crippen molar-refractivity contribution in [3.63, 3.8) is 0 Å². The van der Waals surface area contributed by atoms with Gasteiger partial charge in [-0.1, -0.05) is 36.6 Å². The number of benzene rings is 1. The molecule has 2 fully saturated rings. The van der Waals surface area contributed by atoms with Gasteiger partial charge in [0.05, 0.1) is 24.1 Å². The van der Waals surface area contributed by atoms with Gasteiger partial charge < -0.3 is 15.3 Å². The van der Waals surface area contributed by atoms with E-state index in [-0.39, 0.29) is 36.7 Å². The Balaban J connectivity index is 1.71. The molecule has 24 heavy (non-hydrogen) atoms. The van der Waals surface area contributed by atoms with Crippen LogP contribution >= 0.6 is 11.6 Å². The second-order valence-electron chi connectivity index (χ2n) is 6.99. The third kappa shape index (κ3) is 3.57. The van der Waals surface area contributed by atoms with Crippen LogP contribution in [0.1, 0.15) is 50.1 Å². The van der Waals surface area contributed by atoms with Crippen molar-refractivity contribution >= 4 is 23.4 Å². The first kappa shape index (κ1) is 17.2. The minimum Gasteiger partial charge on any atom is -0.389 e. The van der Waals surface area contributed by atoms with Gasteiger partial charge in [-0.3, -0.25) is 9.59 Å². The highest BCUT2D eigenvalue weighted by Crippen LogP contribution is 2.34. The first-order valence-corrected chi connectivity index (χ1v) is 8.79. The predicted molar refractivity (Wildman–Crippen MR) is 91.5 cm³/mol. The zero-order valence-corrected chi connectivity index (χ0v) is 14.6. The van der Waals surface area contributed by atoms with E-state index in [0.717, 1.165) is 18.4 Å². The zero-order valence-electron chi connectivity index (χ0n) is 13.8. The van der Waals surface area contributed by atoms with Crippen LogP contribution in [0.5, 0.6) is 0 Å². The van der Waals surface area contributed by atoms with Crippen LogP contribution < -0.4 is 5.32 Å². The van der Waals surface area contributed by atoms with Gasteiger partial charge in [0, 0.05) is 18.5 Å². The SMILES string of the molecule is CN1C(=O)CC(NC(=O)CC2(O)CCCC2)C1c1ccc(Cl)cc1. The smallest absolute Gasteiger partial charge is 0.225 e. The summed E-state index contributed by atoms with van der Waals surface area (Å²) in [6, 6.07) is 6.83. The molecule has 0 spiro atoms. The van der Waals surface area contributed by atoms with Gasteiger partial charge in [-0.15, -0.1) is 0 Å². The number of carbonyl (C=O) groups is 2. The molecule has 0 bridgehead atoms. The van der Waals surface area contributed by atoms with Crippen molar-refractivity contribution in [3.05, 3.63) is 34.9 Å². The Morgan fingerprint density at radius 2 is 1.96 bits per heavy atom. The van der Waals surface area contributed by atoms with Crippen LogP contribution in [0.25, 0.3) is 0 Å². The number of likely N-dealkylation sites (N-methyl/N-ethyl adjacent to an activating group) is 1. The third-order valence-corrected chi connectivity index (χ3v) is 5.42. The highest BCUT2D eigenvalue weighted by atomic mass is 35.5. The Labute approximate surface area is 147 Å². The number of hydrogen-bond acceptors (Lipinski definition) is 3. The minimum absolute atomic E-state index is 0.000159. The number of likely N-dealkylation sites (tertiary alicyclic amines) is 1. The maximum atomic E-state index is 12.4. The molecule has 1 heterocycles. The van der Waals surface area contributed by atoms with Gasteiger partial charge in [-0.2, -0.15) is 0 Å². The Morgan fingerprint density at radius 1 is 1.33 bits per heavy atom. The lowest BCUT2D eigenvalue weighted by atomic mass is 9.96. The van der Waals surface area contributed by atoms with E-state index in [2.05, 4.69) is 5.32 Å². The van der Waals surface area contributed by atoms with Crippen LogP contribution in [0.15, 0.2) is 24.3 Å². The van der Waals surface area contributed by atoms with Gasteiger partial charge in [0.2, 0.25) is 11.8 Å². The first-order chi connectivity index (χ1) is 11.4. The first-order valence-electron chi connectivity index (χ1n) is 8.41. The molecule has 1 aromatic rings. The summed E-state index contributed by atoms with van der Waals surface area (Å²) in [4.78, 5) is 26.2. The van der Waals surface area contributed by atoms with Crippen LogP contribution in [0, 0.1) is 0 Å². The Bertz CT molecular complexity index is 626. The van der Waals surface area contributed by atoms with E-state index in [1.54, 1.807) is 24.1 Å². The van der Waals surface area contributed by atoms with Crippen molar-refractivity contribution in [2.45, 2.75) is 56.2 Å². The molecule has 5 nitrogen and oxygen atoms in total. The Hall–Kier alpha value is -1.59.